The molecule has 3 aromatic heterocycles. The zero-order valence-electron chi connectivity index (χ0n) is 29.8. The number of morpholine rings is 1. The van der Waals surface area contributed by atoms with Crippen molar-refractivity contribution in [2.45, 2.75) is 33.0 Å². The third-order valence-electron chi connectivity index (χ3n) is 9.63. The molecule has 288 valence electrons. The van der Waals surface area contributed by atoms with E-state index in [4.69, 9.17) is 21.3 Å². The standard InChI is InChI=1S/C36H36ClF3N10O5/c1-3-27-30(47-10-12-48(13-11-47)33(53)29-31(52)21(2)41-20-42-29)34(54)50-35(44-32(45-50)22-4-7-24(8-5-22)46-14-16-55-17-15-46)49(27)19-28(51)43-26-9-6-23(18-25(26)37)36(38,39)40/h4-9,18,20,52H,3,10-17,19H2,1-2H3,(H,43,51). The third kappa shape index (κ3) is 7.51. The Labute approximate surface area is 316 Å². The van der Waals surface area contributed by atoms with Gasteiger partial charge in [0.15, 0.2) is 17.3 Å². The van der Waals surface area contributed by atoms with Crippen LogP contribution in [0.25, 0.3) is 17.2 Å². The summed E-state index contributed by atoms with van der Waals surface area (Å²) in [5.41, 5.74) is 1.00. The van der Waals surface area contributed by atoms with Gasteiger partial charge in [-0.15, -0.1) is 5.10 Å². The molecule has 2 aliphatic heterocycles. The largest absolute Gasteiger partial charge is 0.504 e. The summed E-state index contributed by atoms with van der Waals surface area (Å²) in [6.45, 7) is 6.56. The molecule has 0 unspecified atom stereocenters. The van der Waals surface area contributed by atoms with Crippen molar-refractivity contribution >= 4 is 46.3 Å². The number of halogens is 4. The van der Waals surface area contributed by atoms with E-state index in [2.05, 4.69) is 25.3 Å². The number of hydrogen-bond acceptors (Lipinski definition) is 11. The quantitative estimate of drug-likeness (QED) is 0.234. The second-order valence-electron chi connectivity index (χ2n) is 13.0. The Morgan fingerprint density at radius 1 is 0.982 bits per heavy atom. The van der Waals surface area contributed by atoms with E-state index in [1.807, 2.05) is 36.1 Å². The fraction of sp³-hybridized carbons (Fsp3) is 0.361. The number of carbonyl (C=O) groups is 2. The molecule has 2 fully saturated rings. The predicted octanol–water partition coefficient (Wildman–Crippen LogP) is 4.03. The lowest BCUT2D eigenvalue weighted by Gasteiger charge is -2.36. The molecule has 2 amide bonds. The van der Waals surface area contributed by atoms with Gasteiger partial charge in [0.2, 0.25) is 11.7 Å². The van der Waals surface area contributed by atoms with Crippen molar-refractivity contribution in [3.63, 3.8) is 0 Å². The van der Waals surface area contributed by atoms with Crippen LogP contribution in [-0.4, -0.2) is 103 Å². The van der Waals surface area contributed by atoms with Crippen LogP contribution in [0.3, 0.4) is 0 Å². The van der Waals surface area contributed by atoms with E-state index < -0.39 is 35.7 Å². The van der Waals surface area contributed by atoms with Crippen LogP contribution in [-0.2, 0) is 28.7 Å². The normalized spacial score (nSPS) is 15.1. The lowest BCUT2D eigenvalue weighted by Crippen LogP contribution is -2.51. The van der Waals surface area contributed by atoms with E-state index in [1.54, 1.807) is 11.5 Å². The van der Waals surface area contributed by atoms with Gasteiger partial charge >= 0.3 is 6.18 Å². The van der Waals surface area contributed by atoms with E-state index in [0.29, 0.717) is 24.5 Å². The summed E-state index contributed by atoms with van der Waals surface area (Å²) < 4.78 is 48.0. The van der Waals surface area contributed by atoms with Crippen molar-refractivity contribution in [3.8, 4) is 17.1 Å². The first-order valence-corrected chi connectivity index (χ1v) is 17.9. The van der Waals surface area contributed by atoms with Crippen LogP contribution in [0, 0.1) is 6.92 Å². The number of rotatable bonds is 8. The summed E-state index contributed by atoms with van der Waals surface area (Å²) in [7, 11) is 0. The Morgan fingerprint density at radius 3 is 2.35 bits per heavy atom. The molecule has 5 heterocycles. The molecule has 2 aromatic carbocycles. The molecule has 15 nitrogen and oxygen atoms in total. The maximum Gasteiger partial charge on any atom is 0.416 e. The highest BCUT2D eigenvalue weighted by Gasteiger charge is 2.32. The predicted molar refractivity (Wildman–Crippen MR) is 197 cm³/mol. The van der Waals surface area contributed by atoms with Crippen LogP contribution in [0.2, 0.25) is 5.02 Å². The van der Waals surface area contributed by atoms with E-state index in [-0.39, 0.29) is 77.7 Å². The zero-order chi connectivity index (χ0) is 39.0. The van der Waals surface area contributed by atoms with E-state index in [1.165, 1.54) is 11.2 Å². The molecule has 0 saturated carbocycles. The number of benzene rings is 2. The number of fused-ring (bicyclic) bond motifs is 1. The summed E-state index contributed by atoms with van der Waals surface area (Å²) in [5, 5.41) is 17.3. The van der Waals surface area contributed by atoms with Crippen LogP contribution in [0.15, 0.2) is 53.6 Å². The van der Waals surface area contributed by atoms with Crippen LogP contribution in [0.4, 0.5) is 30.2 Å². The Kier molecular flexibility index (Phi) is 10.4. The van der Waals surface area contributed by atoms with Crippen molar-refractivity contribution < 1.29 is 32.6 Å². The molecule has 5 aromatic rings. The fourth-order valence-corrected chi connectivity index (χ4v) is 6.95. The van der Waals surface area contributed by atoms with Gasteiger partial charge in [-0.25, -0.2) is 9.97 Å². The summed E-state index contributed by atoms with van der Waals surface area (Å²) >= 11 is 6.15. The van der Waals surface area contributed by atoms with Gasteiger partial charge in [-0.05, 0) is 55.8 Å². The van der Waals surface area contributed by atoms with Gasteiger partial charge in [0.25, 0.3) is 11.5 Å². The Balaban J connectivity index is 1.24. The van der Waals surface area contributed by atoms with Crippen molar-refractivity contribution in [2.75, 3.05) is 67.6 Å². The Morgan fingerprint density at radius 2 is 1.69 bits per heavy atom. The van der Waals surface area contributed by atoms with Gasteiger partial charge < -0.3 is 34.4 Å². The van der Waals surface area contributed by atoms with Gasteiger partial charge in [0.05, 0.1) is 40.9 Å². The summed E-state index contributed by atoms with van der Waals surface area (Å²) in [4.78, 5) is 59.4. The average molecular weight is 781 g/mol. The van der Waals surface area contributed by atoms with E-state index in [9.17, 15) is 32.7 Å². The van der Waals surface area contributed by atoms with Gasteiger partial charge in [0.1, 0.15) is 18.6 Å². The van der Waals surface area contributed by atoms with Gasteiger partial charge in [-0.2, -0.15) is 22.7 Å². The Bertz CT molecular complexity index is 2320. The number of ether oxygens (including phenoxy) is 1. The fourth-order valence-electron chi connectivity index (χ4n) is 6.73. The number of aryl methyl sites for hydroxylation is 1. The van der Waals surface area contributed by atoms with Crippen molar-refractivity contribution in [1.29, 1.82) is 0 Å². The van der Waals surface area contributed by atoms with Gasteiger partial charge in [-0.3, -0.25) is 14.4 Å². The molecule has 19 heteroatoms. The summed E-state index contributed by atoms with van der Waals surface area (Å²) in [5.74, 6) is -1.10. The maximum atomic E-state index is 14.4. The Hall–Kier alpha value is -5.75. The number of hydrogen-bond donors (Lipinski definition) is 2. The lowest BCUT2D eigenvalue weighted by molar-refractivity contribution is -0.137. The molecule has 0 aliphatic carbocycles. The third-order valence-corrected chi connectivity index (χ3v) is 9.94. The highest BCUT2D eigenvalue weighted by Crippen LogP contribution is 2.34. The number of nitrogens with one attached hydrogen (secondary N) is 1. The molecular formula is C36H36ClF3N10O5. The van der Waals surface area contributed by atoms with Crippen molar-refractivity contribution in [3.05, 3.63) is 86.8 Å². The first-order valence-electron chi connectivity index (χ1n) is 17.5. The molecule has 2 saturated heterocycles. The van der Waals surface area contributed by atoms with Crippen LogP contribution < -0.4 is 20.7 Å². The van der Waals surface area contributed by atoms with Gasteiger partial charge in [-0.1, -0.05) is 18.5 Å². The zero-order valence-corrected chi connectivity index (χ0v) is 30.6. The lowest BCUT2D eigenvalue weighted by atomic mass is 10.2. The minimum atomic E-state index is -4.62. The van der Waals surface area contributed by atoms with E-state index in [0.717, 1.165) is 41.5 Å². The number of aromatic hydroxyl groups is 1. The van der Waals surface area contributed by atoms with Crippen molar-refractivity contribution in [1.82, 2.24) is 34.0 Å². The molecule has 55 heavy (non-hydrogen) atoms. The maximum absolute atomic E-state index is 14.4. The minimum Gasteiger partial charge on any atom is -0.504 e. The minimum absolute atomic E-state index is 0.0248. The topological polar surface area (TPSA) is 163 Å². The molecule has 0 spiro atoms. The molecule has 0 radical (unpaired) electrons. The number of carbonyl (C=O) groups excluding carboxylic acids is 2. The SMILES string of the molecule is CCc1c(N2CCN(C(=O)c3ncnc(C)c3O)CC2)c(=O)n2nc(-c3ccc(N4CCOCC4)cc3)nc2n1CC(=O)Nc1ccc(C(F)(F)F)cc1Cl. The van der Waals surface area contributed by atoms with Crippen LogP contribution >= 0.6 is 11.6 Å². The number of anilines is 3. The highest BCUT2D eigenvalue weighted by molar-refractivity contribution is 6.33. The number of nitrogens with zero attached hydrogens (tertiary/aromatic N) is 9. The number of piperazine rings is 1. The number of amides is 2. The monoisotopic (exact) mass is 780 g/mol. The summed E-state index contributed by atoms with van der Waals surface area (Å²) in [6, 6.07) is 10.2. The molecule has 2 aliphatic rings. The average Bonchev–Trinajstić information content (AvgIpc) is 3.64. The second kappa shape index (κ2) is 15.2. The van der Waals surface area contributed by atoms with Crippen molar-refractivity contribution in [2.24, 2.45) is 0 Å². The molecular weight excluding hydrogens is 745 g/mol. The number of alkyl halides is 3. The first kappa shape index (κ1) is 37.6. The molecule has 0 bridgehead atoms. The number of aromatic nitrogens is 6. The first-order chi connectivity index (χ1) is 26.3. The van der Waals surface area contributed by atoms with Crippen LogP contribution in [0.1, 0.15) is 34.4 Å². The molecule has 0 atom stereocenters. The van der Waals surface area contributed by atoms with Crippen LogP contribution in [0.5, 0.6) is 5.75 Å². The molecule has 7 rings (SSSR count). The highest BCUT2D eigenvalue weighted by atomic mass is 35.5. The molecule has 2 N–H and O–H groups in total. The summed E-state index contributed by atoms with van der Waals surface area (Å²) in [6.07, 6.45) is -3.14. The van der Waals surface area contributed by atoms with E-state index >= 15 is 0 Å². The second-order valence-corrected chi connectivity index (χ2v) is 13.4. The smallest absolute Gasteiger partial charge is 0.416 e. The van der Waals surface area contributed by atoms with Gasteiger partial charge in [0, 0.05) is 50.5 Å².